The monoisotopic (exact) mass is 265 g/mol. The molecule has 0 aliphatic rings. The van der Waals surface area contributed by atoms with Gasteiger partial charge in [-0.1, -0.05) is 6.07 Å². The number of pyridine rings is 1. The molecule has 1 aromatic carbocycles. The number of nitrogens with zero attached hydrogens (tertiary/aromatic N) is 1. The Labute approximate surface area is 110 Å². The van der Waals surface area contributed by atoms with E-state index in [9.17, 15) is 4.39 Å². The molecule has 1 heterocycles. The van der Waals surface area contributed by atoms with Gasteiger partial charge in [0.05, 0.1) is 12.1 Å². The number of halogens is 2. The molecule has 2 rings (SSSR count). The zero-order valence-electron chi connectivity index (χ0n) is 10.2. The van der Waals surface area contributed by atoms with Gasteiger partial charge in [0.25, 0.3) is 0 Å². The Hall–Kier alpha value is -1.61. The summed E-state index contributed by atoms with van der Waals surface area (Å²) in [6.45, 7) is 3.97. The van der Waals surface area contributed by atoms with Crippen LogP contribution in [0.3, 0.4) is 0 Å². The molecule has 0 saturated carbocycles. The lowest BCUT2D eigenvalue weighted by molar-refractivity contribution is 0.453. The molecule has 0 spiro atoms. The summed E-state index contributed by atoms with van der Waals surface area (Å²) < 4.78 is 18.7. The highest BCUT2D eigenvalue weighted by molar-refractivity contribution is 6.17. The fraction of sp³-hybridized carbons (Fsp3) is 0.214. The van der Waals surface area contributed by atoms with E-state index in [1.807, 2.05) is 32.0 Å². The summed E-state index contributed by atoms with van der Waals surface area (Å²) in [5.74, 6) is 0.762. The second-order valence-corrected chi connectivity index (χ2v) is 4.44. The molecule has 0 fully saturated rings. The Balaban J connectivity index is 2.33. The van der Waals surface area contributed by atoms with Gasteiger partial charge in [-0.2, -0.15) is 0 Å². The fourth-order valence-electron chi connectivity index (χ4n) is 1.76. The molecular formula is C14H13ClFNO. The minimum absolute atomic E-state index is 0.158. The Morgan fingerprint density at radius 1 is 1.17 bits per heavy atom. The molecule has 18 heavy (non-hydrogen) atoms. The van der Waals surface area contributed by atoms with Crippen LogP contribution < -0.4 is 4.74 Å². The molecule has 0 saturated heterocycles. The molecule has 0 unspecified atom stereocenters. The fourth-order valence-corrected chi connectivity index (χ4v) is 1.95. The number of hydrogen-bond donors (Lipinski definition) is 0. The lowest BCUT2D eigenvalue weighted by Crippen LogP contribution is -1.95. The van der Waals surface area contributed by atoms with Crippen LogP contribution in [0.2, 0.25) is 0 Å². The summed E-state index contributed by atoms with van der Waals surface area (Å²) in [5, 5.41) is 0. The Morgan fingerprint density at radius 2 is 1.83 bits per heavy atom. The summed E-state index contributed by atoms with van der Waals surface area (Å²) in [6, 6.07) is 7.18. The van der Waals surface area contributed by atoms with Gasteiger partial charge in [0.1, 0.15) is 11.6 Å². The maximum Gasteiger partial charge on any atom is 0.223 e. The summed E-state index contributed by atoms with van der Waals surface area (Å²) in [7, 11) is 0. The molecule has 0 atom stereocenters. The molecular weight excluding hydrogens is 253 g/mol. The third-order valence-corrected chi connectivity index (χ3v) is 2.73. The number of rotatable bonds is 3. The van der Waals surface area contributed by atoms with E-state index in [2.05, 4.69) is 4.98 Å². The van der Waals surface area contributed by atoms with Crippen LogP contribution in [0.5, 0.6) is 11.6 Å². The first-order valence-corrected chi connectivity index (χ1v) is 6.08. The quantitative estimate of drug-likeness (QED) is 0.769. The van der Waals surface area contributed by atoms with Crippen molar-refractivity contribution < 1.29 is 9.13 Å². The average molecular weight is 266 g/mol. The molecule has 0 aliphatic heterocycles. The predicted octanol–water partition coefficient (Wildman–Crippen LogP) is 4.37. The Morgan fingerprint density at radius 3 is 2.44 bits per heavy atom. The Bertz CT molecular complexity index is 551. The van der Waals surface area contributed by atoms with Crippen molar-refractivity contribution in [2.24, 2.45) is 0 Å². The van der Waals surface area contributed by atoms with Gasteiger partial charge in [0.15, 0.2) is 0 Å². The zero-order valence-corrected chi connectivity index (χ0v) is 11.0. The summed E-state index contributed by atoms with van der Waals surface area (Å²) in [5.41, 5.74) is 2.73. The highest BCUT2D eigenvalue weighted by atomic mass is 35.5. The average Bonchev–Trinajstić information content (AvgIpc) is 2.30. The number of alkyl halides is 1. The van der Waals surface area contributed by atoms with Gasteiger partial charge >= 0.3 is 0 Å². The molecule has 2 aromatic rings. The van der Waals surface area contributed by atoms with Crippen LogP contribution in [0.4, 0.5) is 4.39 Å². The van der Waals surface area contributed by atoms with E-state index >= 15 is 0 Å². The van der Waals surface area contributed by atoms with Crippen LogP contribution in [0, 0.1) is 19.7 Å². The second-order valence-electron chi connectivity index (χ2n) is 4.18. The number of ether oxygens (including phenoxy) is 1. The largest absolute Gasteiger partial charge is 0.439 e. The van der Waals surface area contributed by atoms with Crippen LogP contribution in [-0.2, 0) is 5.88 Å². The zero-order chi connectivity index (χ0) is 13.1. The van der Waals surface area contributed by atoms with Crippen molar-refractivity contribution in [3.05, 3.63) is 53.0 Å². The first-order valence-electron chi connectivity index (χ1n) is 5.55. The summed E-state index contributed by atoms with van der Waals surface area (Å²) >= 11 is 5.75. The molecule has 0 bridgehead atoms. The van der Waals surface area contributed by atoms with Gasteiger partial charge in [0.2, 0.25) is 5.88 Å². The number of hydrogen-bond acceptors (Lipinski definition) is 2. The van der Waals surface area contributed by atoms with Crippen molar-refractivity contribution in [3.63, 3.8) is 0 Å². The first kappa shape index (κ1) is 12.8. The van der Waals surface area contributed by atoms with Gasteiger partial charge in [-0.15, -0.1) is 11.6 Å². The van der Waals surface area contributed by atoms with Crippen LogP contribution >= 0.6 is 11.6 Å². The smallest absolute Gasteiger partial charge is 0.223 e. The highest BCUT2D eigenvalue weighted by Crippen LogP contribution is 2.26. The lowest BCUT2D eigenvalue weighted by atomic mass is 10.1. The second kappa shape index (κ2) is 5.36. The van der Waals surface area contributed by atoms with Gasteiger partial charge in [-0.25, -0.2) is 9.37 Å². The molecule has 2 nitrogen and oxygen atoms in total. The van der Waals surface area contributed by atoms with E-state index in [1.54, 1.807) is 0 Å². The van der Waals surface area contributed by atoms with Crippen LogP contribution in [0.15, 0.2) is 30.5 Å². The minimum Gasteiger partial charge on any atom is -0.439 e. The summed E-state index contributed by atoms with van der Waals surface area (Å²) in [6.07, 6.45) is 1.12. The van der Waals surface area contributed by atoms with Gasteiger partial charge in [-0.3, -0.25) is 0 Å². The van der Waals surface area contributed by atoms with Crippen LogP contribution in [0.25, 0.3) is 0 Å². The molecule has 94 valence electrons. The van der Waals surface area contributed by atoms with E-state index < -0.39 is 5.82 Å². The van der Waals surface area contributed by atoms with Gasteiger partial charge < -0.3 is 4.74 Å². The SMILES string of the molecule is Cc1cc(C)cc(Oc2ncc(F)cc2CCl)c1. The molecule has 1 aromatic heterocycles. The van der Waals surface area contributed by atoms with Crippen LogP contribution in [0.1, 0.15) is 16.7 Å². The van der Waals surface area contributed by atoms with Crippen molar-refractivity contribution in [3.8, 4) is 11.6 Å². The minimum atomic E-state index is -0.418. The van der Waals surface area contributed by atoms with Crippen LogP contribution in [-0.4, -0.2) is 4.98 Å². The van der Waals surface area contributed by atoms with E-state index in [-0.39, 0.29) is 5.88 Å². The molecule has 0 amide bonds. The van der Waals surface area contributed by atoms with E-state index in [4.69, 9.17) is 16.3 Å². The number of benzene rings is 1. The third kappa shape index (κ3) is 2.99. The van der Waals surface area contributed by atoms with Crippen molar-refractivity contribution in [1.29, 1.82) is 0 Å². The van der Waals surface area contributed by atoms with E-state index in [1.165, 1.54) is 6.07 Å². The van der Waals surface area contributed by atoms with E-state index in [0.717, 1.165) is 17.3 Å². The molecule has 0 N–H and O–H groups in total. The highest BCUT2D eigenvalue weighted by Gasteiger charge is 2.08. The van der Waals surface area contributed by atoms with Crippen molar-refractivity contribution in [1.82, 2.24) is 4.98 Å². The normalized spacial score (nSPS) is 10.4. The van der Waals surface area contributed by atoms with Crippen molar-refractivity contribution >= 4 is 11.6 Å². The van der Waals surface area contributed by atoms with Crippen molar-refractivity contribution in [2.45, 2.75) is 19.7 Å². The lowest BCUT2D eigenvalue weighted by Gasteiger charge is -2.09. The third-order valence-electron chi connectivity index (χ3n) is 2.45. The molecule has 0 radical (unpaired) electrons. The van der Waals surface area contributed by atoms with E-state index in [0.29, 0.717) is 17.2 Å². The van der Waals surface area contributed by atoms with Crippen molar-refractivity contribution in [2.75, 3.05) is 0 Å². The van der Waals surface area contributed by atoms with Gasteiger partial charge in [-0.05, 0) is 43.2 Å². The standard InChI is InChI=1S/C14H13ClFNO/c1-9-3-10(2)5-13(4-9)18-14-11(7-15)6-12(16)8-17-14/h3-6,8H,7H2,1-2H3. The number of aromatic nitrogens is 1. The number of aryl methyl sites for hydroxylation is 2. The van der Waals surface area contributed by atoms with Gasteiger partial charge in [0, 0.05) is 5.56 Å². The topological polar surface area (TPSA) is 22.1 Å². The maximum atomic E-state index is 13.0. The Kier molecular flexibility index (Phi) is 3.82. The summed E-state index contributed by atoms with van der Waals surface area (Å²) in [4.78, 5) is 3.92. The molecule has 0 aliphatic carbocycles. The predicted molar refractivity (Wildman–Crippen MR) is 69.7 cm³/mol. The first-order chi connectivity index (χ1) is 8.58. The molecule has 4 heteroatoms. The maximum absolute atomic E-state index is 13.0.